The molecule has 1 aromatic heterocycles. The van der Waals surface area contributed by atoms with Gasteiger partial charge < -0.3 is 9.73 Å². The van der Waals surface area contributed by atoms with Crippen molar-refractivity contribution in [3.8, 4) is 0 Å². The highest BCUT2D eigenvalue weighted by atomic mass is 16.3. The number of hydrogen-bond donors (Lipinski definition) is 1. The number of anilines is 1. The van der Waals surface area contributed by atoms with Gasteiger partial charge in [-0.2, -0.15) is 0 Å². The van der Waals surface area contributed by atoms with Crippen LogP contribution in [-0.2, 0) is 6.42 Å². The highest BCUT2D eigenvalue weighted by Crippen LogP contribution is 2.16. The van der Waals surface area contributed by atoms with Crippen LogP contribution in [0.15, 0.2) is 57.7 Å². The molecule has 3 aromatic rings. The van der Waals surface area contributed by atoms with E-state index in [-0.39, 0.29) is 11.2 Å². The Labute approximate surface area is 133 Å². The first-order valence-electron chi connectivity index (χ1n) is 7.51. The Balaban J connectivity index is 1.91. The highest BCUT2D eigenvalue weighted by molar-refractivity contribution is 6.02. The third-order valence-electron chi connectivity index (χ3n) is 3.73. The standard InChI is InChI=1S/C19H17NO3/c1-3-13-5-7-14(8-6-13)20-19(22)18-11-16(21)15-10-12(2)4-9-17(15)23-18/h4-11H,3H2,1-2H3,(H,20,22). The maximum atomic E-state index is 12.3. The lowest BCUT2D eigenvalue weighted by Gasteiger charge is -2.06. The summed E-state index contributed by atoms with van der Waals surface area (Å²) in [5.41, 5.74) is 3.02. The van der Waals surface area contributed by atoms with E-state index in [0.717, 1.165) is 12.0 Å². The topological polar surface area (TPSA) is 59.3 Å². The van der Waals surface area contributed by atoms with Crippen LogP contribution in [-0.4, -0.2) is 5.91 Å². The van der Waals surface area contributed by atoms with E-state index in [2.05, 4.69) is 12.2 Å². The van der Waals surface area contributed by atoms with Gasteiger partial charge in [-0.1, -0.05) is 30.7 Å². The first kappa shape index (κ1) is 15.0. The Hall–Kier alpha value is -2.88. The third kappa shape index (κ3) is 3.16. The molecular weight excluding hydrogens is 290 g/mol. The first-order valence-corrected chi connectivity index (χ1v) is 7.51. The van der Waals surface area contributed by atoms with E-state index in [4.69, 9.17) is 4.42 Å². The van der Waals surface area contributed by atoms with Crippen molar-refractivity contribution in [2.24, 2.45) is 0 Å². The molecule has 0 aliphatic heterocycles. The monoisotopic (exact) mass is 307 g/mol. The van der Waals surface area contributed by atoms with Crippen LogP contribution < -0.4 is 10.7 Å². The van der Waals surface area contributed by atoms with Gasteiger partial charge in [0, 0.05) is 11.8 Å². The minimum absolute atomic E-state index is 0.00548. The number of aryl methyl sites for hydroxylation is 2. The van der Waals surface area contributed by atoms with Crippen molar-refractivity contribution in [2.75, 3.05) is 5.32 Å². The van der Waals surface area contributed by atoms with Crippen molar-refractivity contribution in [1.82, 2.24) is 0 Å². The smallest absolute Gasteiger partial charge is 0.291 e. The van der Waals surface area contributed by atoms with Gasteiger partial charge in [0.05, 0.1) is 5.39 Å². The van der Waals surface area contributed by atoms with Crippen molar-refractivity contribution in [1.29, 1.82) is 0 Å². The van der Waals surface area contributed by atoms with E-state index in [1.54, 1.807) is 12.1 Å². The van der Waals surface area contributed by atoms with Crippen molar-refractivity contribution in [2.45, 2.75) is 20.3 Å². The fraction of sp³-hybridized carbons (Fsp3) is 0.158. The molecule has 4 nitrogen and oxygen atoms in total. The molecule has 1 amide bonds. The van der Waals surface area contributed by atoms with Crippen molar-refractivity contribution in [3.05, 3.63) is 75.6 Å². The summed E-state index contributed by atoms with van der Waals surface area (Å²) in [6, 6.07) is 14.1. The molecule has 0 unspecified atom stereocenters. The molecule has 0 fully saturated rings. The third-order valence-corrected chi connectivity index (χ3v) is 3.73. The maximum absolute atomic E-state index is 12.3. The molecule has 4 heteroatoms. The second-order valence-electron chi connectivity index (χ2n) is 5.48. The Morgan fingerprint density at radius 3 is 2.52 bits per heavy atom. The number of carbonyl (C=O) groups excluding carboxylic acids is 1. The minimum Gasteiger partial charge on any atom is -0.451 e. The summed E-state index contributed by atoms with van der Waals surface area (Å²) in [6.45, 7) is 3.97. The first-order chi connectivity index (χ1) is 11.1. The van der Waals surface area contributed by atoms with Gasteiger partial charge in [-0.25, -0.2) is 0 Å². The molecule has 0 saturated heterocycles. The molecule has 0 spiro atoms. The van der Waals surface area contributed by atoms with Gasteiger partial charge in [-0.3, -0.25) is 9.59 Å². The van der Waals surface area contributed by atoms with Gasteiger partial charge in [0.1, 0.15) is 5.58 Å². The van der Waals surface area contributed by atoms with E-state index in [9.17, 15) is 9.59 Å². The number of nitrogens with one attached hydrogen (secondary N) is 1. The Bertz CT molecular complexity index is 923. The van der Waals surface area contributed by atoms with E-state index in [1.165, 1.54) is 11.6 Å². The summed E-state index contributed by atoms with van der Waals surface area (Å²) >= 11 is 0. The molecule has 0 saturated carbocycles. The summed E-state index contributed by atoms with van der Waals surface area (Å²) in [6.07, 6.45) is 0.938. The Morgan fingerprint density at radius 2 is 1.83 bits per heavy atom. The van der Waals surface area contributed by atoms with Crippen LogP contribution in [0, 0.1) is 6.92 Å². The van der Waals surface area contributed by atoms with Crippen LogP contribution in [0.4, 0.5) is 5.69 Å². The van der Waals surface area contributed by atoms with Crippen LogP contribution in [0.3, 0.4) is 0 Å². The predicted octanol–water partition coefficient (Wildman–Crippen LogP) is 3.92. The Kier molecular flexibility index (Phi) is 3.98. The lowest BCUT2D eigenvalue weighted by atomic mass is 10.1. The lowest BCUT2D eigenvalue weighted by Crippen LogP contribution is -2.15. The van der Waals surface area contributed by atoms with E-state index < -0.39 is 5.91 Å². The molecule has 0 aliphatic carbocycles. The summed E-state index contributed by atoms with van der Waals surface area (Å²) < 4.78 is 5.56. The zero-order valence-electron chi connectivity index (χ0n) is 13.1. The van der Waals surface area contributed by atoms with E-state index in [1.807, 2.05) is 37.3 Å². The quantitative estimate of drug-likeness (QED) is 0.798. The molecule has 0 bridgehead atoms. The zero-order chi connectivity index (χ0) is 16.4. The summed E-state index contributed by atoms with van der Waals surface area (Å²) in [5, 5.41) is 3.22. The van der Waals surface area contributed by atoms with Crippen LogP contribution in [0.25, 0.3) is 11.0 Å². The molecule has 0 radical (unpaired) electrons. The number of rotatable bonds is 3. The van der Waals surface area contributed by atoms with Gasteiger partial charge in [0.15, 0.2) is 11.2 Å². The largest absolute Gasteiger partial charge is 0.451 e. The molecule has 1 N–H and O–H groups in total. The number of amides is 1. The fourth-order valence-corrected chi connectivity index (χ4v) is 2.40. The van der Waals surface area contributed by atoms with Crippen molar-refractivity contribution >= 4 is 22.6 Å². The average Bonchev–Trinajstić information content (AvgIpc) is 2.56. The molecule has 0 atom stereocenters. The molecule has 116 valence electrons. The lowest BCUT2D eigenvalue weighted by molar-refractivity contribution is 0.0997. The summed E-state index contributed by atoms with van der Waals surface area (Å²) in [5.74, 6) is -0.431. The predicted molar refractivity (Wildman–Crippen MR) is 91.0 cm³/mol. The van der Waals surface area contributed by atoms with Crippen LogP contribution in [0.2, 0.25) is 0 Å². The average molecular weight is 307 g/mol. The van der Waals surface area contributed by atoms with Gasteiger partial charge >= 0.3 is 0 Å². The van der Waals surface area contributed by atoms with Gasteiger partial charge in [-0.05, 0) is 43.2 Å². The number of fused-ring (bicyclic) bond motifs is 1. The fourth-order valence-electron chi connectivity index (χ4n) is 2.40. The van der Waals surface area contributed by atoms with E-state index in [0.29, 0.717) is 16.7 Å². The molecule has 0 aliphatic rings. The number of hydrogen-bond acceptors (Lipinski definition) is 3. The number of benzene rings is 2. The highest BCUT2D eigenvalue weighted by Gasteiger charge is 2.12. The normalized spacial score (nSPS) is 10.7. The van der Waals surface area contributed by atoms with Crippen molar-refractivity contribution < 1.29 is 9.21 Å². The zero-order valence-corrected chi connectivity index (χ0v) is 13.1. The maximum Gasteiger partial charge on any atom is 0.291 e. The van der Waals surface area contributed by atoms with Crippen molar-refractivity contribution in [3.63, 3.8) is 0 Å². The second kappa shape index (κ2) is 6.08. The molecular formula is C19H17NO3. The van der Waals surface area contributed by atoms with Gasteiger partial charge in [0.25, 0.3) is 5.91 Å². The molecule has 23 heavy (non-hydrogen) atoms. The Morgan fingerprint density at radius 1 is 1.09 bits per heavy atom. The SMILES string of the molecule is CCc1ccc(NC(=O)c2cc(=O)c3cc(C)ccc3o2)cc1. The molecule has 1 heterocycles. The summed E-state index contributed by atoms with van der Waals surface area (Å²) in [4.78, 5) is 24.4. The minimum atomic E-state index is -0.436. The van der Waals surface area contributed by atoms with Gasteiger partial charge in [0.2, 0.25) is 0 Å². The van der Waals surface area contributed by atoms with Crippen LogP contribution in [0.1, 0.15) is 28.6 Å². The molecule has 3 rings (SSSR count). The number of carbonyl (C=O) groups is 1. The van der Waals surface area contributed by atoms with Crippen LogP contribution >= 0.6 is 0 Å². The summed E-state index contributed by atoms with van der Waals surface area (Å²) in [7, 11) is 0. The molecule has 2 aromatic carbocycles. The second-order valence-corrected chi connectivity index (χ2v) is 5.48. The van der Waals surface area contributed by atoms with Gasteiger partial charge in [-0.15, -0.1) is 0 Å². The van der Waals surface area contributed by atoms with E-state index >= 15 is 0 Å². The van der Waals surface area contributed by atoms with Crippen LogP contribution in [0.5, 0.6) is 0 Å².